The first-order valence-electron chi connectivity index (χ1n) is 5.20. The van der Waals surface area contributed by atoms with Crippen LogP contribution in [0.5, 0.6) is 0 Å². The van der Waals surface area contributed by atoms with Crippen LogP contribution in [0.4, 0.5) is 4.39 Å². The van der Waals surface area contributed by atoms with Crippen molar-refractivity contribution in [1.29, 1.82) is 0 Å². The Morgan fingerprint density at radius 1 is 1.59 bits per heavy atom. The van der Waals surface area contributed by atoms with Crippen molar-refractivity contribution in [2.75, 3.05) is 5.88 Å². The summed E-state index contributed by atoms with van der Waals surface area (Å²) in [5.74, 6) is -0.521. The molecule has 0 aliphatic carbocycles. The zero-order chi connectivity index (χ0) is 12.9. The second kappa shape index (κ2) is 6.28. The van der Waals surface area contributed by atoms with Crippen molar-refractivity contribution in [3.05, 3.63) is 24.1 Å². The molecular formula is C10H14ClFN2O2S. The van der Waals surface area contributed by atoms with Gasteiger partial charge in [0.05, 0.1) is 0 Å². The van der Waals surface area contributed by atoms with Crippen molar-refractivity contribution in [3.8, 4) is 0 Å². The Hall–Kier alpha value is -0.720. The standard InChI is InChI=1S/C10H14ClFN2O2S/c1-2-8(5-6-11)14-17(15,16)10-9(12)4-3-7-13-10/h3-4,7-8,14H,2,5-6H2,1H3. The number of hydrogen-bond donors (Lipinski definition) is 1. The summed E-state index contributed by atoms with van der Waals surface area (Å²) in [7, 11) is -3.92. The number of nitrogens with zero attached hydrogens (tertiary/aromatic N) is 1. The lowest BCUT2D eigenvalue weighted by Gasteiger charge is -2.15. The quantitative estimate of drug-likeness (QED) is 0.810. The average molecular weight is 281 g/mol. The van der Waals surface area contributed by atoms with E-state index in [1.165, 1.54) is 12.3 Å². The molecule has 1 rings (SSSR count). The molecule has 0 radical (unpaired) electrons. The third-order valence-electron chi connectivity index (χ3n) is 2.25. The lowest BCUT2D eigenvalue weighted by molar-refractivity contribution is 0.514. The van der Waals surface area contributed by atoms with Gasteiger partial charge in [-0.15, -0.1) is 11.6 Å². The first-order chi connectivity index (χ1) is 8.01. The molecule has 0 amide bonds. The van der Waals surface area contributed by atoms with E-state index < -0.39 is 20.9 Å². The number of sulfonamides is 1. The molecule has 0 spiro atoms. The number of aromatic nitrogens is 1. The van der Waals surface area contributed by atoms with E-state index in [0.29, 0.717) is 18.7 Å². The van der Waals surface area contributed by atoms with Crippen molar-refractivity contribution in [1.82, 2.24) is 9.71 Å². The highest BCUT2D eigenvalue weighted by atomic mass is 35.5. The molecule has 96 valence electrons. The van der Waals surface area contributed by atoms with Crippen molar-refractivity contribution < 1.29 is 12.8 Å². The van der Waals surface area contributed by atoms with Crippen LogP contribution in [0.25, 0.3) is 0 Å². The van der Waals surface area contributed by atoms with Crippen LogP contribution in [0.2, 0.25) is 0 Å². The molecule has 0 fully saturated rings. The van der Waals surface area contributed by atoms with Gasteiger partial charge in [0.25, 0.3) is 10.0 Å². The summed E-state index contributed by atoms with van der Waals surface area (Å²) in [4.78, 5) is 3.54. The van der Waals surface area contributed by atoms with Gasteiger partial charge >= 0.3 is 0 Å². The molecule has 7 heteroatoms. The highest BCUT2D eigenvalue weighted by molar-refractivity contribution is 7.89. The van der Waals surface area contributed by atoms with E-state index in [0.717, 1.165) is 6.07 Å². The van der Waals surface area contributed by atoms with E-state index in [9.17, 15) is 12.8 Å². The van der Waals surface area contributed by atoms with E-state index in [1.807, 2.05) is 6.92 Å². The Kier molecular flexibility index (Phi) is 5.30. The lowest BCUT2D eigenvalue weighted by Crippen LogP contribution is -2.35. The number of nitrogens with one attached hydrogen (secondary N) is 1. The minimum absolute atomic E-state index is 0.307. The van der Waals surface area contributed by atoms with Crippen LogP contribution in [0.3, 0.4) is 0 Å². The van der Waals surface area contributed by atoms with Gasteiger partial charge < -0.3 is 0 Å². The molecule has 1 atom stereocenters. The number of pyridine rings is 1. The van der Waals surface area contributed by atoms with Gasteiger partial charge in [-0.3, -0.25) is 0 Å². The summed E-state index contributed by atoms with van der Waals surface area (Å²) in [6.45, 7) is 1.83. The van der Waals surface area contributed by atoms with E-state index in [4.69, 9.17) is 11.6 Å². The normalized spacial score (nSPS) is 13.6. The van der Waals surface area contributed by atoms with E-state index in [1.54, 1.807) is 0 Å². The fraction of sp³-hybridized carbons (Fsp3) is 0.500. The lowest BCUT2D eigenvalue weighted by atomic mass is 10.2. The molecule has 1 aromatic heterocycles. The van der Waals surface area contributed by atoms with Crippen LogP contribution in [-0.2, 0) is 10.0 Å². The van der Waals surface area contributed by atoms with Crippen LogP contribution in [-0.4, -0.2) is 25.3 Å². The molecule has 0 saturated carbocycles. The largest absolute Gasteiger partial charge is 0.261 e. The van der Waals surface area contributed by atoms with Gasteiger partial charge in [0.1, 0.15) is 0 Å². The molecule has 1 N–H and O–H groups in total. The summed E-state index contributed by atoms with van der Waals surface area (Å²) in [5.41, 5.74) is 0. The topological polar surface area (TPSA) is 59.1 Å². The van der Waals surface area contributed by atoms with E-state index in [-0.39, 0.29) is 6.04 Å². The zero-order valence-corrected chi connectivity index (χ0v) is 10.9. The number of rotatable bonds is 6. The number of alkyl halides is 1. The summed E-state index contributed by atoms with van der Waals surface area (Å²) in [6.07, 6.45) is 2.31. The van der Waals surface area contributed by atoms with Gasteiger partial charge in [-0.2, -0.15) is 0 Å². The van der Waals surface area contributed by atoms with Crippen LogP contribution in [0.1, 0.15) is 19.8 Å². The molecule has 1 unspecified atom stereocenters. The number of halogens is 2. The van der Waals surface area contributed by atoms with Gasteiger partial charge in [-0.25, -0.2) is 22.5 Å². The molecule has 1 aromatic rings. The molecule has 1 heterocycles. The molecule has 4 nitrogen and oxygen atoms in total. The predicted molar refractivity (Wildman–Crippen MR) is 63.9 cm³/mol. The van der Waals surface area contributed by atoms with Crippen LogP contribution in [0.15, 0.2) is 23.4 Å². The Bertz CT molecular complexity index is 467. The maximum atomic E-state index is 13.3. The Morgan fingerprint density at radius 2 is 2.29 bits per heavy atom. The third-order valence-corrected chi connectivity index (χ3v) is 3.92. The molecule has 0 aliphatic rings. The van der Waals surface area contributed by atoms with E-state index >= 15 is 0 Å². The first kappa shape index (κ1) is 14.3. The maximum Gasteiger partial charge on any atom is 0.261 e. The second-order valence-corrected chi connectivity index (χ2v) is 5.50. The summed E-state index contributed by atoms with van der Waals surface area (Å²) in [6, 6.07) is 2.09. The van der Waals surface area contributed by atoms with Gasteiger partial charge in [-0.05, 0) is 25.0 Å². The number of hydrogen-bond acceptors (Lipinski definition) is 3. The fourth-order valence-electron chi connectivity index (χ4n) is 1.32. The minimum atomic E-state index is -3.92. The van der Waals surface area contributed by atoms with Crippen LogP contribution >= 0.6 is 11.6 Å². The highest BCUT2D eigenvalue weighted by Crippen LogP contribution is 2.12. The zero-order valence-electron chi connectivity index (χ0n) is 9.36. The van der Waals surface area contributed by atoms with Gasteiger partial charge in [-0.1, -0.05) is 6.92 Å². The molecule has 0 aliphatic heterocycles. The summed E-state index contributed by atoms with van der Waals surface area (Å²) < 4.78 is 39.4. The molecule has 0 bridgehead atoms. The first-order valence-corrected chi connectivity index (χ1v) is 7.21. The summed E-state index contributed by atoms with van der Waals surface area (Å²) >= 11 is 5.56. The minimum Gasteiger partial charge on any atom is -0.241 e. The van der Waals surface area contributed by atoms with Crippen LogP contribution < -0.4 is 4.72 Å². The van der Waals surface area contributed by atoms with E-state index in [2.05, 4.69) is 9.71 Å². The third kappa shape index (κ3) is 3.90. The molecule has 0 saturated heterocycles. The van der Waals surface area contributed by atoms with Crippen molar-refractivity contribution in [2.24, 2.45) is 0 Å². The SMILES string of the molecule is CCC(CCCl)NS(=O)(=O)c1ncccc1F. The summed E-state index contributed by atoms with van der Waals surface area (Å²) in [5, 5.41) is -0.576. The van der Waals surface area contributed by atoms with Crippen molar-refractivity contribution in [2.45, 2.75) is 30.8 Å². The predicted octanol–water partition coefficient (Wildman–Crippen LogP) is 1.91. The van der Waals surface area contributed by atoms with Crippen molar-refractivity contribution >= 4 is 21.6 Å². The Balaban J connectivity index is 2.92. The fourth-order valence-corrected chi connectivity index (χ4v) is 2.95. The maximum absolute atomic E-state index is 13.3. The Labute approximate surface area is 105 Å². The molecule has 0 aromatic carbocycles. The van der Waals surface area contributed by atoms with Crippen LogP contribution in [0, 0.1) is 5.82 Å². The van der Waals surface area contributed by atoms with Gasteiger partial charge in [0.2, 0.25) is 5.03 Å². The average Bonchev–Trinajstić information content (AvgIpc) is 2.28. The Morgan fingerprint density at radius 3 is 2.82 bits per heavy atom. The molecule has 17 heavy (non-hydrogen) atoms. The monoisotopic (exact) mass is 280 g/mol. The van der Waals surface area contributed by atoms with Gasteiger partial charge in [0, 0.05) is 18.1 Å². The highest BCUT2D eigenvalue weighted by Gasteiger charge is 2.23. The smallest absolute Gasteiger partial charge is 0.241 e. The molecular weight excluding hydrogens is 267 g/mol. The van der Waals surface area contributed by atoms with Crippen molar-refractivity contribution in [3.63, 3.8) is 0 Å². The van der Waals surface area contributed by atoms with Gasteiger partial charge in [0.15, 0.2) is 5.82 Å². The second-order valence-electron chi connectivity index (χ2n) is 3.49.